The van der Waals surface area contributed by atoms with Gasteiger partial charge in [-0.2, -0.15) is 0 Å². The molecular weight excluding hydrogens is 408 g/mol. The summed E-state index contributed by atoms with van der Waals surface area (Å²) in [6, 6.07) is 8.20. The predicted octanol–water partition coefficient (Wildman–Crippen LogP) is 4.31. The average Bonchev–Trinajstić information content (AvgIpc) is 3.18. The van der Waals surface area contributed by atoms with Gasteiger partial charge in [0.1, 0.15) is 6.54 Å². The predicted molar refractivity (Wildman–Crippen MR) is 124 cm³/mol. The second-order valence-electron chi connectivity index (χ2n) is 8.23. The molecule has 0 N–H and O–H groups in total. The van der Waals surface area contributed by atoms with Gasteiger partial charge in [0.25, 0.3) is 11.6 Å². The summed E-state index contributed by atoms with van der Waals surface area (Å²) in [4.78, 5) is 40.8. The lowest BCUT2D eigenvalue weighted by Crippen LogP contribution is -2.46. The standard InChI is InChI=1S/C24H34N4O4/c1-6-8-14-26(16-21-10-9-13-25(21)5)23(29)17-27(19(4)7-2)24(30)20-12-11-18(3)22(15-20)28(31)32/h9-13,15,19H,6-8,14,16-17H2,1-5H3. The van der Waals surface area contributed by atoms with Crippen molar-refractivity contribution in [2.75, 3.05) is 13.1 Å². The highest BCUT2D eigenvalue weighted by atomic mass is 16.6. The summed E-state index contributed by atoms with van der Waals surface area (Å²) in [5.74, 6) is -0.500. The first-order valence-electron chi connectivity index (χ1n) is 11.1. The van der Waals surface area contributed by atoms with E-state index in [-0.39, 0.29) is 35.7 Å². The fourth-order valence-corrected chi connectivity index (χ4v) is 3.50. The molecule has 174 valence electrons. The van der Waals surface area contributed by atoms with Crippen LogP contribution in [0, 0.1) is 17.0 Å². The van der Waals surface area contributed by atoms with E-state index in [2.05, 4.69) is 6.92 Å². The number of carbonyl (C=O) groups excluding carboxylic acids is 2. The zero-order valence-corrected chi connectivity index (χ0v) is 19.7. The molecule has 0 aliphatic rings. The number of nitrogens with zero attached hydrogens (tertiary/aromatic N) is 4. The molecule has 1 atom stereocenters. The van der Waals surface area contributed by atoms with Gasteiger partial charge in [0.2, 0.25) is 5.91 Å². The zero-order valence-electron chi connectivity index (χ0n) is 19.7. The molecule has 1 aromatic heterocycles. The largest absolute Gasteiger partial charge is 0.353 e. The quantitative estimate of drug-likeness (QED) is 0.383. The highest BCUT2D eigenvalue weighted by Crippen LogP contribution is 2.21. The van der Waals surface area contributed by atoms with Crippen LogP contribution in [-0.4, -0.2) is 50.2 Å². The van der Waals surface area contributed by atoms with Crippen molar-refractivity contribution in [2.45, 2.75) is 59.5 Å². The molecule has 2 aromatic rings. The number of benzene rings is 1. The van der Waals surface area contributed by atoms with Crippen LogP contribution in [0.3, 0.4) is 0 Å². The lowest BCUT2D eigenvalue weighted by Gasteiger charge is -2.31. The molecule has 1 unspecified atom stereocenters. The number of rotatable bonds is 11. The molecule has 2 amide bonds. The number of nitro groups is 1. The van der Waals surface area contributed by atoms with Crippen LogP contribution in [-0.2, 0) is 18.4 Å². The van der Waals surface area contributed by atoms with E-state index in [1.165, 1.54) is 11.0 Å². The molecule has 0 bridgehead atoms. The molecule has 1 heterocycles. The van der Waals surface area contributed by atoms with Crippen molar-refractivity contribution in [2.24, 2.45) is 7.05 Å². The van der Waals surface area contributed by atoms with Crippen LogP contribution in [0.15, 0.2) is 36.5 Å². The van der Waals surface area contributed by atoms with E-state index >= 15 is 0 Å². The number of hydrogen-bond acceptors (Lipinski definition) is 4. The fraction of sp³-hybridized carbons (Fsp3) is 0.500. The molecule has 2 rings (SSSR count). The normalized spacial score (nSPS) is 11.8. The summed E-state index contributed by atoms with van der Waals surface area (Å²) in [7, 11) is 1.94. The maximum Gasteiger partial charge on any atom is 0.273 e. The number of amides is 2. The number of nitro benzene ring substituents is 1. The number of unbranched alkanes of at least 4 members (excludes halogenated alkanes) is 1. The third-order valence-electron chi connectivity index (χ3n) is 5.88. The first-order valence-corrected chi connectivity index (χ1v) is 11.1. The maximum atomic E-state index is 13.3. The van der Waals surface area contributed by atoms with Gasteiger partial charge in [0.05, 0.1) is 11.5 Å². The summed E-state index contributed by atoms with van der Waals surface area (Å²) in [6.45, 7) is 8.57. The van der Waals surface area contributed by atoms with Crippen molar-refractivity contribution >= 4 is 17.5 Å². The first-order chi connectivity index (χ1) is 15.2. The Morgan fingerprint density at radius 3 is 2.50 bits per heavy atom. The van der Waals surface area contributed by atoms with Crippen LogP contribution in [0.4, 0.5) is 5.69 Å². The number of carbonyl (C=O) groups is 2. The highest BCUT2D eigenvalue weighted by molar-refractivity contribution is 5.97. The van der Waals surface area contributed by atoms with E-state index in [1.807, 2.05) is 43.8 Å². The fourth-order valence-electron chi connectivity index (χ4n) is 3.50. The number of hydrogen-bond donors (Lipinski definition) is 0. The van der Waals surface area contributed by atoms with E-state index < -0.39 is 4.92 Å². The maximum absolute atomic E-state index is 13.3. The van der Waals surface area contributed by atoms with Gasteiger partial charge >= 0.3 is 0 Å². The van der Waals surface area contributed by atoms with Gasteiger partial charge in [0, 0.05) is 48.7 Å². The van der Waals surface area contributed by atoms with E-state index in [4.69, 9.17) is 0 Å². The molecule has 0 spiro atoms. The van der Waals surface area contributed by atoms with Gasteiger partial charge < -0.3 is 14.4 Å². The van der Waals surface area contributed by atoms with Gasteiger partial charge in [0.15, 0.2) is 0 Å². The molecule has 0 radical (unpaired) electrons. The molecule has 0 aliphatic carbocycles. The SMILES string of the molecule is CCCCN(Cc1cccn1C)C(=O)CN(C(=O)c1ccc(C)c([N+](=O)[O-])c1)C(C)CC. The van der Waals surface area contributed by atoms with Crippen molar-refractivity contribution in [3.8, 4) is 0 Å². The number of aryl methyl sites for hydroxylation is 2. The van der Waals surface area contributed by atoms with Gasteiger partial charge in [-0.25, -0.2) is 0 Å². The van der Waals surface area contributed by atoms with E-state index in [0.29, 0.717) is 25.1 Å². The van der Waals surface area contributed by atoms with Crippen LogP contribution in [0.5, 0.6) is 0 Å². The summed E-state index contributed by atoms with van der Waals surface area (Å²) < 4.78 is 1.98. The van der Waals surface area contributed by atoms with E-state index in [9.17, 15) is 19.7 Å². The molecule has 0 saturated carbocycles. The van der Waals surface area contributed by atoms with Crippen LogP contribution in [0.25, 0.3) is 0 Å². The van der Waals surface area contributed by atoms with Gasteiger partial charge in [-0.15, -0.1) is 0 Å². The average molecular weight is 443 g/mol. The first kappa shape index (κ1) is 25.1. The Morgan fingerprint density at radius 1 is 1.22 bits per heavy atom. The van der Waals surface area contributed by atoms with Crippen molar-refractivity contribution in [1.29, 1.82) is 0 Å². The molecule has 0 fully saturated rings. The lowest BCUT2D eigenvalue weighted by atomic mass is 10.1. The van der Waals surface area contributed by atoms with Crippen LogP contribution < -0.4 is 0 Å². The second-order valence-corrected chi connectivity index (χ2v) is 8.23. The van der Waals surface area contributed by atoms with Gasteiger partial charge in [-0.3, -0.25) is 19.7 Å². The summed E-state index contributed by atoms with van der Waals surface area (Å²) in [5, 5.41) is 11.3. The van der Waals surface area contributed by atoms with E-state index in [0.717, 1.165) is 18.5 Å². The Labute approximate surface area is 190 Å². The van der Waals surface area contributed by atoms with Crippen LogP contribution in [0.2, 0.25) is 0 Å². The molecule has 0 saturated heterocycles. The minimum atomic E-state index is -0.489. The highest BCUT2D eigenvalue weighted by Gasteiger charge is 2.27. The smallest absolute Gasteiger partial charge is 0.273 e. The second kappa shape index (κ2) is 11.5. The molecular formula is C24H34N4O4. The van der Waals surface area contributed by atoms with Gasteiger partial charge in [-0.05, 0) is 44.9 Å². The third-order valence-corrected chi connectivity index (χ3v) is 5.88. The van der Waals surface area contributed by atoms with Crippen molar-refractivity contribution in [3.63, 3.8) is 0 Å². The minimum Gasteiger partial charge on any atom is -0.353 e. The van der Waals surface area contributed by atoms with Crippen molar-refractivity contribution in [1.82, 2.24) is 14.4 Å². The minimum absolute atomic E-state index is 0.0658. The number of aromatic nitrogens is 1. The zero-order chi connectivity index (χ0) is 23.8. The molecule has 0 aliphatic heterocycles. The van der Waals surface area contributed by atoms with Crippen LogP contribution >= 0.6 is 0 Å². The Hall–Kier alpha value is -3.16. The van der Waals surface area contributed by atoms with Crippen LogP contribution in [0.1, 0.15) is 61.6 Å². The monoisotopic (exact) mass is 442 g/mol. The summed E-state index contributed by atoms with van der Waals surface area (Å²) in [6.07, 6.45) is 4.44. The topological polar surface area (TPSA) is 88.7 Å². The third kappa shape index (κ3) is 6.18. The molecule has 1 aromatic carbocycles. The summed E-state index contributed by atoms with van der Waals surface area (Å²) >= 11 is 0. The lowest BCUT2D eigenvalue weighted by molar-refractivity contribution is -0.385. The Kier molecular flexibility index (Phi) is 8.99. The molecule has 8 nitrogen and oxygen atoms in total. The molecule has 8 heteroatoms. The Bertz CT molecular complexity index is 953. The van der Waals surface area contributed by atoms with E-state index in [1.54, 1.807) is 24.0 Å². The van der Waals surface area contributed by atoms with Gasteiger partial charge in [-0.1, -0.05) is 26.3 Å². The Balaban J connectivity index is 2.28. The van der Waals surface area contributed by atoms with Crippen molar-refractivity contribution < 1.29 is 14.5 Å². The molecule has 32 heavy (non-hydrogen) atoms. The summed E-state index contributed by atoms with van der Waals surface area (Å²) in [5.41, 5.74) is 1.63. The Morgan fingerprint density at radius 2 is 1.94 bits per heavy atom. The van der Waals surface area contributed by atoms with Crippen molar-refractivity contribution in [3.05, 3.63) is 63.5 Å².